The van der Waals surface area contributed by atoms with E-state index in [1.165, 1.54) is 13.8 Å². The van der Waals surface area contributed by atoms with Gasteiger partial charge in [0.05, 0.1) is 0 Å². The van der Waals surface area contributed by atoms with Crippen molar-refractivity contribution in [1.29, 1.82) is 0 Å². The van der Waals surface area contributed by atoms with Crippen molar-refractivity contribution in [3.8, 4) is 0 Å². The average molecular weight is 202 g/mol. The maximum absolute atomic E-state index is 10.5. The highest BCUT2D eigenvalue weighted by Gasteiger charge is 1.99. The minimum absolute atomic E-state index is 0.0207. The quantitative estimate of drug-likeness (QED) is 0.373. The molecule has 0 aliphatic rings. The van der Waals surface area contributed by atoms with E-state index in [0.717, 1.165) is 13.0 Å². The molecule has 0 heterocycles. The van der Waals surface area contributed by atoms with Crippen LogP contribution in [0.3, 0.4) is 0 Å². The first-order valence-corrected chi connectivity index (χ1v) is 4.58. The summed E-state index contributed by atoms with van der Waals surface area (Å²) in [7, 11) is 1.86. The van der Waals surface area contributed by atoms with Crippen LogP contribution in [0.1, 0.15) is 20.3 Å². The van der Waals surface area contributed by atoms with Crippen LogP contribution in [0.25, 0.3) is 0 Å². The van der Waals surface area contributed by atoms with Crippen LogP contribution in [0.15, 0.2) is 0 Å². The lowest BCUT2D eigenvalue weighted by molar-refractivity contribution is -0.145. The molecule has 0 saturated heterocycles. The monoisotopic (exact) mass is 202 g/mol. The summed E-state index contributed by atoms with van der Waals surface area (Å²) in [5, 5.41) is 2.69. The van der Waals surface area contributed by atoms with Gasteiger partial charge in [0.15, 0.2) is 0 Å². The molecule has 1 N–H and O–H groups in total. The van der Waals surface area contributed by atoms with Gasteiger partial charge in [0, 0.05) is 26.9 Å². The number of nitrogens with one attached hydrogen (secondary N) is 1. The van der Waals surface area contributed by atoms with Crippen molar-refractivity contribution in [3.63, 3.8) is 0 Å². The third kappa shape index (κ3) is 8.99. The van der Waals surface area contributed by atoms with Gasteiger partial charge in [0.2, 0.25) is 5.91 Å². The minimum atomic E-state index is -0.279. The van der Waals surface area contributed by atoms with Crippen molar-refractivity contribution in [3.05, 3.63) is 0 Å². The van der Waals surface area contributed by atoms with Gasteiger partial charge >= 0.3 is 5.97 Å². The SMILES string of the molecule is CC(=O)NCCCN(C)COC(C)=O. The summed E-state index contributed by atoms with van der Waals surface area (Å²) in [6, 6.07) is 0. The van der Waals surface area contributed by atoms with Gasteiger partial charge in [-0.1, -0.05) is 0 Å². The normalized spacial score (nSPS) is 10.0. The lowest BCUT2D eigenvalue weighted by Gasteiger charge is -2.15. The largest absolute Gasteiger partial charge is 0.450 e. The highest BCUT2D eigenvalue weighted by Crippen LogP contribution is 1.87. The van der Waals surface area contributed by atoms with Crippen molar-refractivity contribution in [2.75, 3.05) is 26.9 Å². The Morgan fingerprint density at radius 3 is 2.50 bits per heavy atom. The molecule has 0 fully saturated rings. The highest BCUT2D eigenvalue weighted by molar-refractivity contribution is 5.72. The fourth-order valence-electron chi connectivity index (χ4n) is 0.879. The Bertz CT molecular complexity index is 194. The smallest absolute Gasteiger partial charge is 0.303 e. The van der Waals surface area contributed by atoms with E-state index in [1.807, 2.05) is 11.9 Å². The van der Waals surface area contributed by atoms with Crippen LogP contribution in [-0.2, 0) is 14.3 Å². The molecule has 0 spiro atoms. The zero-order valence-electron chi connectivity index (χ0n) is 9.00. The predicted molar refractivity (Wildman–Crippen MR) is 52.6 cm³/mol. The Morgan fingerprint density at radius 1 is 1.36 bits per heavy atom. The van der Waals surface area contributed by atoms with E-state index < -0.39 is 0 Å². The molecule has 0 aromatic carbocycles. The summed E-state index contributed by atoms with van der Waals surface area (Å²) >= 11 is 0. The molecule has 0 bridgehead atoms. The van der Waals surface area contributed by atoms with Gasteiger partial charge < -0.3 is 10.1 Å². The first-order valence-electron chi connectivity index (χ1n) is 4.58. The summed E-state index contributed by atoms with van der Waals surface area (Å²) in [4.78, 5) is 22.8. The Balaban J connectivity index is 3.30. The Labute approximate surface area is 84.4 Å². The lowest BCUT2D eigenvalue weighted by Crippen LogP contribution is -2.28. The van der Waals surface area contributed by atoms with E-state index >= 15 is 0 Å². The van der Waals surface area contributed by atoms with Crippen molar-refractivity contribution < 1.29 is 14.3 Å². The van der Waals surface area contributed by atoms with Gasteiger partial charge in [-0.05, 0) is 13.5 Å². The fourth-order valence-corrected chi connectivity index (χ4v) is 0.879. The number of hydrogen-bond donors (Lipinski definition) is 1. The van der Waals surface area contributed by atoms with Gasteiger partial charge in [0.25, 0.3) is 0 Å². The molecule has 0 atom stereocenters. The summed E-state index contributed by atoms with van der Waals surface area (Å²) in [6.45, 7) is 4.61. The molecule has 5 nitrogen and oxygen atoms in total. The number of ether oxygens (including phenoxy) is 1. The zero-order chi connectivity index (χ0) is 11.0. The number of carbonyl (C=O) groups is 2. The first kappa shape index (κ1) is 12.9. The molecular formula is C9H18N2O3. The van der Waals surface area contributed by atoms with Crippen LogP contribution in [0, 0.1) is 0 Å². The summed E-state index contributed by atoms with van der Waals surface area (Å²) in [6.07, 6.45) is 0.845. The molecule has 0 aromatic rings. The lowest BCUT2D eigenvalue weighted by atomic mass is 10.4. The number of nitrogens with zero attached hydrogens (tertiary/aromatic N) is 1. The topological polar surface area (TPSA) is 58.6 Å². The van der Waals surface area contributed by atoms with Crippen LogP contribution in [0.2, 0.25) is 0 Å². The number of amides is 1. The molecule has 0 saturated carbocycles. The average Bonchev–Trinajstić information content (AvgIpc) is 2.08. The Kier molecular flexibility index (Phi) is 6.74. The first-order chi connectivity index (χ1) is 6.52. The van der Waals surface area contributed by atoms with Crippen molar-refractivity contribution >= 4 is 11.9 Å². The molecule has 14 heavy (non-hydrogen) atoms. The van der Waals surface area contributed by atoms with Crippen molar-refractivity contribution in [2.24, 2.45) is 0 Å². The number of hydrogen-bond acceptors (Lipinski definition) is 4. The minimum Gasteiger partial charge on any atom is -0.450 e. The molecule has 82 valence electrons. The van der Waals surface area contributed by atoms with Gasteiger partial charge in [-0.25, -0.2) is 0 Å². The van der Waals surface area contributed by atoms with Crippen LogP contribution in [0.4, 0.5) is 0 Å². The van der Waals surface area contributed by atoms with Gasteiger partial charge in [0.1, 0.15) is 6.73 Å². The molecular weight excluding hydrogens is 184 g/mol. The second-order valence-electron chi connectivity index (χ2n) is 3.18. The molecule has 0 aliphatic carbocycles. The second kappa shape index (κ2) is 7.32. The summed E-state index contributed by atoms with van der Waals surface area (Å²) in [5.74, 6) is -0.300. The fraction of sp³-hybridized carbons (Fsp3) is 0.778. The van der Waals surface area contributed by atoms with Crippen molar-refractivity contribution in [2.45, 2.75) is 20.3 Å². The van der Waals surface area contributed by atoms with Crippen LogP contribution in [0.5, 0.6) is 0 Å². The number of rotatable bonds is 6. The van der Waals surface area contributed by atoms with E-state index in [0.29, 0.717) is 13.3 Å². The predicted octanol–water partition coefficient (Wildman–Crippen LogP) is -0.0350. The molecule has 0 radical (unpaired) electrons. The number of esters is 1. The van der Waals surface area contributed by atoms with Crippen LogP contribution < -0.4 is 5.32 Å². The molecule has 0 aliphatic heterocycles. The molecule has 0 unspecified atom stereocenters. The Morgan fingerprint density at radius 2 is 2.00 bits per heavy atom. The maximum atomic E-state index is 10.5. The molecule has 1 amide bonds. The van der Waals surface area contributed by atoms with E-state index in [-0.39, 0.29) is 11.9 Å². The van der Waals surface area contributed by atoms with E-state index in [2.05, 4.69) is 5.32 Å². The molecule has 5 heteroatoms. The van der Waals surface area contributed by atoms with Crippen molar-refractivity contribution in [1.82, 2.24) is 10.2 Å². The Hall–Kier alpha value is -1.10. The zero-order valence-corrected chi connectivity index (χ0v) is 9.00. The molecule has 0 rings (SSSR count). The van der Waals surface area contributed by atoms with Gasteiger partial charge in [-0.3, -0.25) is 14.5 Å². The summed E-state index contributed by atoms with van der Waals surface area (Å²) in [5.41, 5.74) is 0. The highest BCUT2D eigenvalue weighted by atomic mass is 16.5. The van der Waals surface area contributed by atoms with Gasteiger partial charge in [-0.2, -0.15) is 0 Å². The number of carbonyl (C=O) groups excluding carboxylic acids is 2. The third-order valence-electron chi connectivity index (χ3n) is 1.58. The molecule has 0 aromatic heterocycles. The van der Waals surface area contributed by atoms with E-state index in [1.54, 1.807) is 0 Å². The van der Waals surface area contributed by atoms with Gasteiger partial charge in [-0.15, -0.1) is 0 Å². The van der Waals surface area contributed by atoms with Crippen LogP contribution in [-0.4, -0.2) is 43.6 Å². The standard InChI is InChI=1S/C9H18N2O3/c1-8(12)10-5-4-6-11(3)7-14-9(2)13/h4-7H2,1-3H3,(H,10,12). The van der Waals surface area contributed by atoms with E-state index in [4.69, 9.17) is 4.74 Å². The third-order valence-corrected chi connectivity index (χ3v) is 1.58. The summed E-state index contributed by atoms with van der Waals surface area (Å²) < 4.78 is 4.78. The van der Waals surface area contributed by atoms with Crippen LogP contribution >= 0.6 is 0 Å². The second-order valence-corrected chi connectivity index (χ2v) is 3.18. The maximum Gasteiger partial charge on any atom is 0.303 e. The van der Waals surface area contributed by atoms with E-state index in [9.17, 15) is 9.59 Å².